The number of piperidine rings is 1. The lowest BCUT2D eigenvalue weighted by Gasteiger charge is -2.32. The van der Waals surface area contributed by atoms with Crippen LogP contribution in [0.5, 0.6) is 0 Å². The van der Waals surface area contributed by atoms with E-state index in [2.05, 4.69) is 15.3 Å². The van der Waals surface area contributed by atoms with Crippen LogP contribution in [-0.2, 0) is 14.3 Å². The van der Waals surface area contributed by atoms with E-state index in [-0.39, 0.29) is 23.6 Å². The predicted molar refractivity (Wildman–Crippen MR) is 116 cm³/mol. The van der Waals surface area contributed by atoms with E-state index in [0.717, 1.165) is 4.90 Å². The van der Waals surface area contributed by atoms with Crippen molar-refractivity contribution in [1.29, 1.82) is 0 Å². The number of hydrogen-bond donors (Lipinski definition) is 1. The summed E-state index contributed by atoms with van der Waals surface area (Å²) in [6.07, 6.45) is 2.08. The Balaban J connectivity index is 1.36. The summed E-state index contributed by atoms with van der Waals surface area (Å²) in [6.45, 7) is 2.42. The van der Waals surface area contributed by atoms with Gasteiger partial charge in [-0.25, -0.2) is 23.9 Å². The molecule has 0 radical (unpaired) electrons. The van der Waals surface area contributed by atoms with Crippen LogP contribution in [-0.4, -0.2) is 77.4 Å². The number of imide groups is 1. The molecule has 5 amide bonds. The van der Waals surface area contributed by atoms with Crippen molar-refractivity contribution in [3.63, 3.8) is 0 Å². The van der Waals surface area contributed by atoms with Gasteiger partial charge in [0.1, 0.15) is 18.1 Å². The largest absolute Gasteiger partial charge is 0.450 e. The molecule has 172 valence electrons. The Morgan fingerprint density at radius 2 is 1.85 bits per heavy atom. The molecule has 0 bridgehead atoms. The Labute approximate surface area is 188 Å². The SMILES string of the molecule is CCOC(=O)N1CCC(NC(=O)CN2C(=O)N=C3C(c4ccc(F)cc4)=CN=C3C2=O)CC1. The number of benzene rings is 1. The molecule has 0 unspecified atom stereocenters. The molecule has 3 heterocycles. The molecule has 0 spiro atoms. The number of carbonyl (C=O) groups is 4. The lowest BCUT2D eigenvalue weighted by Crippen LogP contribution is -2.53. The first-order valence-corrected chi connectivity index (χ1v) is 10.6. The Kier molecular flexibility index (Phi) is 6.29. The summed E-state index contributed by atoms with van der Waals surface area (Å²) < 4.78 is 18.2. The van der Waals surface area contributed by atoms with Crippen LogP contribution in [0, 0.1) is 5.82 Å². The summed E-state index contributed by atoms with van der Waals surface area (Å²) >= 11 is 0. The molecule has 1 aromatic carbocycles. The zero-order chi connectivity index (χ0) is 23.5. The van der Waals surface area contributed by atoms with Crippen molar-refractivity contribution in [1.82, 2.24) is 15.1 Å². The molecule has 1 aromatic rings. The molecule has 33 heavy (non-hydrogen) atoms. The summed E-state index contributed by atoms with van der Waals surface area (Å²) in [4.78, 5) is 60.0. The minimum absolute atomic E-state index is 0.0375. The monoisotopic (exact) mass is 455 g/mol. The topological polar surface area (TPSA) is 121 Å². The van der Waals surface area contributed by atoms with Gasteiger partial charge >= 0.3 is 12.1 Å². The van der Waals surface area contributed by atoms with Crippen molar-refractivity contribution < 1.29 is 28.3 Å². The maximum Gasteiger partial charge on any atom is 0.409 e. The van der Waals surface area contributed by atoms with Crippen molar-refractivity contribution in [3.05, 3.63) is 41.8 Å². The number of hydrogen-bond acceptors (Lipinski definition) is 6. The number of halogens is 1. The number of aliphatic imine (C=N–C) groups is 2. The Morgan fingerprint density at radius 3 is 2.52 bits per heavy atom. The predicted octanol–water partition coefficient (Wildman–Crippen LogP) is 1.76. The van der Waals surface area contributed by atoms with Gasteiger partial charge in [-0.3, -0.25) is 9.59 Å². The zero-order valence-corrected chi connectivity index (χ0v) is 17.9. The third-order valence-corrected chi connectivity index (χ3v) is 5.53. The zero-order valence-electron chi connectivity index (χ0n) is 17.9. The summed E-state index contributed by atoms with van der Waals surface area (Å²) in [6, 6.07) is 4.47. The second kappa shape index (κ2) is 9.31. The number of amides is 5. The second-order valence-corrected chi connectivity index (χ2v) is 7.69. The van der Waals surface area contributed by atoms with Gasteiger partial charge in [-0.2, -0.15) is 4.99 Å². The number of nitrogens with one attached hydrogen (secondary N) is 1. The molecule has 0 aromatic heterocycles. The average molecular weight is 455 g/mol. The van der Waals surface area contributed by atoms with Crippen LogP contribution < -0.4 is 5.32 Å². The Bertz CT molecular complexity index is 1090. The number of rotatable bonds is 5. The lowest BCUT2D eigenvalue weighted by atomic mass is 9.99. The first kappa shape index (κ1) is 22.3. The lowest BCUT2D eigenvalue weighted by molar-refractivity contribution is -0.129. The van der Waals surface area contributed by atoms with E-state index in [1.807, 2.05) is 0 Å². The van der Waals surface area contributed by atoms with Gasteiger partial charge in [0.15, 0.2) is 5.71 Å². The molecule has 1 saturated heterocycles. The normalized spacial score (nSPS) is 18.4. The highest BCUT2D eigenvalue weighted by molar-refractivity contribution is 6.78. The van der Waals surface area contributed by atoms with Gasteiger partial charge in [-0.15, -0.1) is 0 Å². The molecule has 1 fully saturated rings. The molecular formula is C22H22FN5O5. The standard InChI is InChI=1S/C22H22FN5O5/c1-2-33-22(32)27-9-7-15(8-10-27)25-17(29)12-28-20(30)19-18(26-21(28)31)16(11-24-19)13-3-5-14(23)6-4-13/h3-6,11,15H,2,7-10,12H2,1H3,(H,25,29). The number of urea groups is 1. The highest BCUT2D eigenvalue weighted by Gasteiger charge is 2.39. The molecule has 3 aliphatic rings. The van der Waals surface area contributed by atoms with Crippen molar-refractivity contribution in [2.24, 2.45) is 9.98 Å². The van der Waals surface area contributed by atoms with Crippen molar-refractivity contribution in [2.45, 2.75) is 25.8 Å². The first-order chi connectivity index (χ1) is 15.9. The average Bonchev–Trinajstić information content (AvgIpc) is 3.21. The van der Waals surface area contributed by atoms with Crippen LogP contribution in [0.2, 0.25) is 0 Å². The molecule has 0 saturated carbocycles. The minimum Gasteiger partial charge on any atom is -0.450 e. The van der Waals surface area contributed by atoms with Crippen LogP contribution in [0.1, 0.15) is 25.3 Å². The smallest absolute Gasteiger partial charge is 0.409 e. The van der Waals surface area contributed by atoms with Crippen LogP contribution in [0.4, 0.5) is 14.0 Å². The van der Waals surface area contributed by atoms with E-state index in [4.69, 9.17) is 4.74 Å². The Hall–Kier alpha value is -3.89. The highest BCUT2D eigenvalue weighted by Crippen LogP contribution is 2.25. The summed E-state index contributed by atoms with van der Waals surface area (Å²) in [5, 5.41) is 2.80. The molecule has 10 nitrogen and oxygen atoms in total. The van der Waals surface area contributed by atoms with E-state index < -0.39 is 30.2 Å². The fourth-order valence-electron chi connectivity index (χ4n) is 3.84. The van der Waals surface area contributed by atoms with Crippen LogP contribution >= 0.6 is 0 Å². The maximum atomic E-state index is 13.2. The fourth-order valence-corrected chi connectivity index (χ4v) is 3.84. The first-order valence-electron chi connectivity index (χ1n) is 10.6. The molecular weight excluding hydrogens is 433 g/mol. The number of allylic oxidation sites excluding steroid dienone is 1. The summed E-state index contributed by atoms with van der Waals surface area (Å²) in [7, 11) is 0. The highest BCUT2D eigenvalue weighted by atomic mass is 19.1. The van der Waals surface area contributed by atoms with E-state index in [0.29, 0.717) is 43.7 Å². The quantitative estimate of drug-likeness (QED) is 0.725. The number of fused-ring (bicyclic) bond motifs is 1. The molecule has 4 rings (SSSR count). The molecule has 1 N–H and O–H groups in total. The van der Waals surface area contributed by atoms with Crippen LogP contribution in [0.15, 0.2) is 40.5 Å². The molecule has 11 heteroatoms. The number of likely N-dealkylation sites (tertiary alicyclic amines) is 1. The summed E-state index contributed by atoms with van der Waals surface area (Å²) in [5.74, 6) is -1.64. The van der Waals surface area contributed by atoms with Crippen molar-refractivity contribution in [2.75, 3.05) is 26.2 Å². The van der Waals surface area contributed by atoms with E-state index in [1.54, 1.807) is 11.8 Å². The molecule has 3 aliphatic heterocycles. The third-order valence-electron chi connectivity index (χ3n) is 5.53. The number of ether oxygens (including phenoxy) is 1. The molecule has 0 aliphatic carbocycles. The van der Waals surface area contributed by atoms with Gasteiger partial charge in [-0.05, 0) is 37.5 Å². The minimum atomic E-state index is -0.865. The van der Waals surface area contributed by atoms with E-state index in [1.165, 1.54) is 30.5 Å². The fraction of sp³-hybridized carbons (Fsp3) is 0.364. The van der Waals surface area contributed by atoms with Crippen molar-refractivity contribution in [3.8, 4) is 0 Å². The number of carbonyl (C=O) groups excluding carboxylic acids is 4. The van der Waals surface area contributed by atoms with Gasteiger partial charge in [-0.1, -0.05) is 12.1 Å². The van der Waals surface area contributed by atoms with E-state index >= 15 is 0 Å². The van der Waals surface area contributed by atoms with Crippen molar-refractivity contribution >= 4 is 40.9 Å². The number of nitrogens with zero attached hydrogens (tertiary/aromatic N) is 4. The van der Waals surface area contributed by atoms with Gasteiger partial charge in [0.2, 0.25) is 5.91 Å². The van der Waals surface area contributed by atoms with Crippen LogP contribution in [0.25, 0.3) is 5.57 Å². The van der Waals surface area contributed by atoms with Gasteiger partial charge in [0, 0.05) is 30.9 Å². The van der Waals surface area contributed by atoms with Gasteiger partial charge < -0.3 is 15.0 Å². The third kappa shape index (κ3) is 4.66. The molecule has 0 atom stereocenters. The van der Waals surface area contributed by atoms with Gasteiger partial charge in [0.25, 0.3) is 5.91 Å². The maximum absolute atomic E-state index is 13.2. The van der Waals surface area contributed by atoms with Gasteiger partial charge in [0.05, 0.1) is 6.61 Å². The Morgan fingerprint density at radius 1 is 1.15 bits per heavy atom. The second-order valence-electron chi connectivity index (χ2n) is 7.69. The van der Waals surface area contributed by atoms with Crippen LogP contribution in [0.3, 0.4) is 0 Å². The van der Waals surface area contributed by atoms with E-state index in [9.17, 15) is 23.6 Å². The summed E-state index contributed by atoms with van der Waals surface area (Å²) in [5.41, 5.74) is 1.07.